The van der Waals surface area contributed by atoms with Crippen molar-refractivity contribution in [2.75, 3.05) is 33.5 Å². The summed E-state index contributed by atoms with van der Waals surface area (Å²) < 4.78 is 57.6. The Hall–Kier alpha value is -3.24. The maximum atomic E-state index is 16.2. The second kappa shape index (κ2) is 14.9. The molecule has 0 aliphatic rings. The summed E-state index contributed by atoms with van der Waals surface area (Å²) in [4.78, 5) is 25.0. The van der Waals surface area contributed by atoms with Crippen LogP contribution in [0.15, 0.2) is 61.2 Å². The summed E-state index contributed by atoms with van der Waals surface area (Å²) in [6.07, 6.45) is 2.06. The lowest BCUT2D eigenvalue weighted by Crippen LogP contribution is -2.35. The zero-order chi connectivity index (χ0) is 29.1. The van der Waals surface area contributed by atoms with Gasteiger partial charge in [0.15, 0.2) is 0 Å². The van der Waals surface area contributed by atoms with Gasteiger partial charge in [-0.25, -0.2) is 14.3 Å². The van der Waals surface area contributed by atoms with E-state index in [1.807, 2.05) is 6.92 Å². The van der Waals surface area contributed by atoms with E-state index in [1.54, 1.807) is 31.4 Å². The fourth-order valence-electron chi connectivity index (χ4n) is 3.52. The van der Waals surface area contributed by atoms with E-state index in [1.165, 1.54) is 48.6 Å². The van der Waals surface area contributed by atoms with Crippen LogP contribution in [0.3, 0.4) is 0 Å². The van der Waals surface area contributed by atoms with Crippen LogP contribution in [0.2, 0.25) is 0 Å². The van der Waals surface area contributed by atoms with Gasteiger partial charge in [-0.15, -0.1) is 11.3 Å². The van der Waals surface area contributed by atoms with Gasteiger partial charge in [0.25, 0.3) is 0 Å². The van der Waals surface area contributed by atoms with Crippen molar-refractivity contribution in [3.05, 3.63) is 71.6 Å². The standard InChI is InChI=1S/C28H33FNO8PS/c1-5-12-36-27(31)19(3)30-39(33,38-23-9-7-8-22(18-23)35-15-14-34-4)26(29)20-10-11-24-21(16-20)17-25(40-24)28(32)37-13-6-2/h6-11,16-19,26H,2,5,12-15H2,1,3-4H3,(H,30,33)/t19?,26-,39?/m1/s1. The summed E-state index contributed by atoms with van der Waals surface area (Å²) in [5.74, 6) is -2.91. The lowest BCUT2D eigenvalue weighted by Gasteiger charge is -2.26. The lowest BCUT2D eigenvalue weighted by molar-refractivity contribution is -0.145. The number of benzene rings is 2. The minimum Gasteiger partial charge on any atom is -0.491 e. The molecule has 3 atom stereocenters. The van der Waals surface area contributed by atoms with Crippen molar-refractivity contribution in [2.45, 2.75) is 32.2 Å². The first-order valence-electron chi connectivity index (χ1n) is 12.6. The molecule has 12 heteroatoms. The van der Waals surface area contributed by atoms with Crippen LogP contribution < -0.4 is 14.3 Å². The van der Waals surface area contributed by atoms with Crippen LogP contribution >= 0.6 is 18.9 Å². The zero-order valence-corrected chi connectivity index (χ0v) is 24.3. The van der Waals surface area contributed by atoms with Crippen molar-refractivity contribution in [2.24, 2.45) is 0 Å². The van der Waals surface area contributed by atoms with Crippen LogP contribution in [-0.2, 0) is 23.6 Å². The Kier molecular flexibility index (Phi) is 11.7. The third-order valence-corrected chi connectivity index (χ3v) is 8.65. The van der Waals surface area contributed by atoms with Crippen molar-refractivity contribution in [1.29, 1.82) is 0 Å². The number of fused-ring (bicyclic) bond motifs is 1. The molecule has 1 heterocycles. The van der Waals surface area contributed by atoms with Crippen molar-refractivity contribution in [1.82, 2.24) is 5.09 Å². The maximum Gasteiger partial charge on any atom is 0.355 e. The number of methoxy groups -OCH3 is 1. The Morgan fingerprint density at radius 2 is 1.88 bits per heavy atom. The van der Waals surface area contributed by atoms with E-state index in [9.17, 15) is 14.2 Å². The molecule has 0 radical (unpaired) electrons. The van der Waals surface area contributed by atoms with Crippen molar-refractivity contribution in [3.63, 3.8) is 0 Å². The number of halogens is 1. The van der Waals surface area contributed by atoms with Crippen LogP contribution in [0.1, 0.15) is 41.4 Å². The van der Waals surface area contributed by atoms with Gasteiger partial charge in [0, 0.05) is 17.9 Å². The first-order valence-corrected chi connectivity index (χ1v) is 15.1. The lowest BCUT2D eigenvalue weighted by atomic mass is 10.2. The molecule has 40 heavy (non-hydrogen) atoms. The van der Waals surface area contributed by atoms with Crippen molar-refractivity contribution >= 4 is 40.9 Å². The summed E-state index contributed by atoms with van der Waals surface area (Å²) in [5.41, 5.74) is 0.0359. The van der Waals surface area contributed by atoms with E-state index in [2.05, 4.69) is 11.7 Å². The summed E-state index contributed by atoms with van der Waals surface area (Å²) in [6, 6.07) is 11.3. The quantitative estimate of drug-likeness (QED) is 0.0868. The first-order chi connectivity index (χ1) is 19.2. The number of hydrogen-bond donors (Lipinski definition) is 1. The number of thiophene rings is 1. The molecule has 0 bridgehead atoms. The topological polar surface area (TPSA) is 109 Å². The molecular weight excluding hydrogens is 560 g/mol. The average molecular weight is 594 g/mol. The molecule has 0 amide bonds. The molecule has 1 aromatic heterocycles. The van der Waals surface area contributed by atoms with Gasteiger partial charge in [-0.05, 0) is 54.6 Å². The Balaban J connectivity index is 1.92. The van der Waals surface area contributed by atoms with Gasteiger partial charge in [-0.2, -0.15) is 0 Å². The van der Waals surface area contributed by atoms with Crippen molar-refractivity contribution < 1.29 is 42.0 Å². The maximum absolute atomic E-state index is 16.2. The van der Waals surface area contributed by atoms with Gasteiger partial charge >= 0.3 is 19.5 Å². The van der Waals surface area contributed by atoms with Crippen LogP contribution in [-0.4, -0.2) is 51.5 Å². The van der Waals surface area contributed by atoms with E-state index >= 15 is 4.39 Å². The molecule has 3 aromatic rings. The number of hydrogen-bond acceptors (Lipinski definition) is 9. The van der Waals surface area contributed by atoms with Gasteiger partial charge in [-0.3, -0.25) is 9.36 Å². The average Bonchev–Trinajstić information content (AvgIpc) is 3.38. The molecule has 2 unspecified atom stereocenters. The molecule has 0 saturated heterocycles. The van der Waals surface area contributed by atoms with E-state index in [0.717, 1.165) is 0 Å². The Labute approximate surface area is 236 Å². The first kappa shape index (κ1) is 31.3. The zero-order valence-electron chi connectivity index (χ0n) is 22.6. The molecule has 0 spiro atoms. The normalized spacial score (nSPS) is 14.1. The molecule has 0 fully saturated rings. The molecule has 9 nitrogen and oxygen atoms in total. The van der Waals surface area contributed by atoms with Gasteiger partial charge in [-0.1, -0.05) is 31.7 Å². The largest absolute Gasteiger partial charge is 0.491 e. The molecular formula is C28H33FNO8PS. The van der Waals surface area contributed by atoms with Gasteiger partial charge in [0.2, 0.25) is 5.91 Å². The summed E-state index contributed by atoms with van der Waals surface area (Å²) in [6.45, 7) is 7.64. The van der Waals surface area contributed by atoms with Crippen LogP contribution in [0, 0.1) is 0 Å². The summed E-state index contributed by atoms with van der Waals surface area (Å²) in [5, 5.41) is 3.12. The fraction of sp³-hybridized carbons (Fsp3) is 0.357. The third kappa shape index (κ3) is 8.38. The number of rotatable bonds is 16. The second-order valence-electron chi connectivity index (χ2n) is 8.65. The SMILES string of the molecule is C=CCOC(=O)c1cc2cc([C@H](F)P(=O)(NC(C)C(=O)OCCC)Oc3cccc(OCCOC)c3)ccc2s1. The minimum absolute atomic E-state index is 0.0359. The molecule has 1 N–H and O–H groups in total. The molecule has 0 aliphatic carbocycles. The molecule has 0 saturated carbocycles. The second-order valence-corrected chi connectivity index (χ2v) is 11.8. The van der Waals surface area contributed by atoms with Gasteiger partial charge in [0.05, 0.1) is 13.2 Å². The number of carbonyl (C=O) groups is 2. The Bertz CT molecular complexity index is 1360. The van der Waals surface area contributed by atoms with E-state index in [-0.39, 0.29) is 31.1 Å². The monoisotopic (exact) mass is 593 g/mol. The van der Waals surface area contributed by atoms with E-state index in [4.69, 9.17) is 23.5 Å². The number of alkyl halides is 1. The summed E-state index contributed by atoms with van der Waals surface area (Å²) >= 11 is 1.19. The van der Waals surface area contributed by atoms with E-state index in [0.29, 0.717) is 33.7 Å². The smallest absolute Gasteiger partial charge is 0.355 e. The Morgan fingerprint density at radius 1 is 1.10 bits per heavy atom. The molecule has 3 rings (SSSR count). The van der Waals surface area contributed by atoms with Gasteiger partial charge in [0.1, 0.15) is 35.6 Å². The predicted octanol–water partition coefficient (Wildman–Crippen LogP) is 6.44. The highest BCUT2D eigenvalue weighted by atomic mass is 32.1. The highest BCUT2D eigenvalue weighted by molar-refractivity contribution is 7.57. The molecule has 2 aromatic carbocycles. The number of ether oxygens (including phenoxy) is 4. The summed E-state index contributed by atoms with van der Waals surface area (Å²) in [7, 11) is -2.91. The van der Waals surface area contributed by atoms with Gasteiger partial charge < -0.3 is 23.5 Å². The number of carbonyl (C=O) groups excluding carboxylic acids is 2. The molecule has 0 aliphatic heterocycles. The van der Waals surface area contributed by atoms with Crippen molar-refractivity contribution in [3.8, 4) is 11.5 Å². The molecule has 216 valence electrons. The minimum atomic E-state index is -4.45. The van der Waals surface area contributed by atoms with E-state index < -0.39 is 31.4 Å². The Morgan fingerprint density at radius 3 is 2.60 bits per heavy atom. The number of nitrogens with one attached hydrogen (secondary N) is 1. The highest BCUT2D eigenvalue weighted by Gasteiger charge is 2.41. The number of esters is 2. The van der Waals surface area contributed by atoms with Crippen LogP contribution in [0.5, 0.6) is 11.5 Å². The fourth-order valence-corrected chi connectivity index (χ4v) is 6.36. The predicted molar refractivity (Wildman–Crippen MR) is 152 cm³/mol. The van der Waals surface area contributed by atoms with Crippen LogP contribution in [0.4, 0.5) is 4.39 Å². The highest BCUT2D eigenvalue weighted by Crippen LogP contribution is 2.58. The third-order valence-electron chi connectivity index (χ3n) is 5.43. The van der Waals surface area contributed by atoms with Crippen LogP contribution in [0.25, 0.3) is 10.1 Å².